The number of carbonyl (C=O) groups is 2. The number of aromatic nitrogens is 2. The summed E-state index contributed by atoms with van der Waals surface area (Å²) in [6.45, 7) is 4.02. The number of nitro groups is 1. The summed E-state index contributed by atoms with van der Waals surface area (Å²) in [5.74, 6) is -1.05. The van der Waals surface area contributed by atoms with Crippen LogP contribution >= 0.6 is 0 Å². The van der Waals surface area contributed by atoms with Gasteiger partial charge in [0.1, 0.15) is 11.5 Å². The van der Waals surface area contributed by atoms with Gasteiger partial charge >= 0.3 is 5.97 Å². The number of fused-ring (bicyclic) bond motifs is 1. The minimum absolute atomic E-state index is 0.197. The van der Waals surface area contributed by atoms with E-state index in [2.05, 4.69) is 10.6 Å². The van der Waals surface area contributed by atoms with Crippen LogP contribution in [0.4, 0.5) is 17.2 Å². The number of anilines is 2. The number of nitrogens with one attached hydrogen (secondary N) is 2. The molecular weight excluding hydrogens is 522 g/mol. The van der Waals surface area contributed by atoms with Crippen molar-refractivity contribution in [1.82, 2.24) is 14.7 Å². The lowest BCUT2D eigenvalue weighted by molar-refractivity contribution is -0.384. The first-order chi connectivity index (χ1) is 19.7. The van der Waals surface area contributed by atoms with Gasteiger partial charge in [-0.2, -0.15) is 0 Å². The molecule has 1 amide bonds. The van der Waals surface area contributed by atoms with Crippen molar-refractivity contribution in [3.05, 3.63) is 123 Å². The normalized spacial score (nSPS) is 11.7. The fourth-order valence-corrected chi connectivity index (χ4v) is 4.81. The number of carbonyl (C=O) groups excluding carboxylic acids is 1. The van der Waals surface area contributed by atoms with E-state index in [1.807, 2.05) is 62.4 Å². The van der Waals surface area contributed by atoms with Gasteiger partial charge in [-0.15, -0.1) is 0 Å². The highest BCUT2D eigenvalue weighted by Gasteiger charge is 2.24. The van der Waals surface area contributed by atoms with Gasteiger partial charge in [-0.05, 0) is 42.7 Å². The maximum atomic E-state index is 13.7. The summed E-state index contributed by atoms with van der Waals surface area (Å²) in [4.78, 5) is 40.9. The Morgan fingerprint density at radius 1 is 0.976 bits per heavy atom. The molecule has 2 aromatic heterocycles. The zero-order valence-electron chi connectivity index (χ0n) is 22.4. The van der Waals surface area contributed by atoms with Crippen LogP contribution < -0.4 is 10.6 Å². The second kappa shape index (κ2) is 11.3. The average molecular weight is 550 g/mol. The summed E-state index contributed by atoms with van der Waals surface area (Å²) < 4.78 is 1.79. The van der Waals surface area contributed by atoms with E-state index < -0.39 is 29.3 Å². The zero-order chi connectivity index (χ0) is 29.1. The van der Waals surface area contributed by atoms with Gasteiger partial charge in [0.2, 0.25) is 0 Å². The van der Waals surface area contributed by atoms with E-state index in [0.717, 1.165) is 22.4 Å². The Kier molecular flexibility index (Phi) is 7.47. The van der Waals surface area contributed by atoms with Crippen molar-refractivity contribution in [3.8, 4) is 11.3 Å². The van der Waals surface area contributed by atoms with Crippen LogP contribution in [0.1, 0.15) is 39.5 Å². The van der Waals surface area contributed by atoms with Crippen molar-refractivity contribution < 1.29 is 19.6 Å². The van der Waals surface area contributed by atoms with Crippen LogP contribution in [0.3, 0.4) is 0 Å². The molecule has 0 aliphatic carbocycles. The molecule has 2 heterocycles. The number of para-hydroxylation sites is 1. The third-order valence-corrected chi connectivity index (χ3v) is 6.83. The largest absolute Gasteiger partial charge is 0.481 e. The Bertz CT molecular complexity index is 1760. The second-order valence-electron chi connectivity index (χ2n) is 9.66. The summed E-state index contributed by atoms with van der Waals surface area (Å²) in [6, 6.07) is 23.5. The molecular formula is C31H27N5O5. The van der Waals surface area contributed by atoms with Gasteiger partial charge in [0.25, 0.3) is 11.6 Å². The zero-order valence-corrected chi connectivity index (χ0v) is 22.4. The number of benzene rings is 3. The van der Waals surface area contributed by atoms with Gasteiger partial charge in [0.05, 0.1) is 22.9 Å². The minimum atomic E-state index is -1.16. The van der Waals surface area contributed by atoms with Gasteiger partial charge in [-0.1, -0.05) is 60.7 Å². The molecule has 10 nitrogen and oxygen atoms in total. The molecule has 0 saturated heterocycles. The average Bonchev–Trinajstić information content (AvgIpc) is 3.33. The number of aliphatic carboxylic acids is 1. The van der Waals surface area contributed by atoms with Crippen LogP contribution in [-0.2, 0) is 4.79 Å². The third kappa shape index (κ3) is 5.62. The van der Waals surface area contributed by atoms with Gasteiger partial charge in [0.15, 0.2) is 5.65 Å². The number of nitrogens with zero attached hydrogens (tertiary/aromatic N) is 3. The number of imidazole rings is 1. The van der Waals surface area contributed by atoms with Crippen molar-refractivity contribution in [2.45, 2.75) is 26.3 Å². The molecule has 0 aliphatic heterocycles. The summed E-state index contributed by atoms with van der Waals surface area (Å²) in [5, 5.41) is 27.1. The number of carboxylic acid groups (broad SMARTS) is 1. The number of pyridine rings is 1. The van der Waals surface area contributed by atoms with E-state index in [9.17, 15) is 24.8 Å². The topological polar surface area (TPSA) is 139 Å². The number of aryl methyl sites for hydroxylation is 2. The summed E-state index contributed by atoms with van der Waals surface area (Å²) >= 11 is 0. The first kappa shape index (κ1) is 27.1. The molecule has 1 atom stereocenters. The molecule has 3 aromatic carbocycles. The molecule has 0 radical (unpaired) electrons. The maximum absolute atomic E-state index is 13.7. The number of hydrogen-bond donors (Lipinski definition) is 3. The van der Waals surface area contributed by atoms with Crippen LogP contribution in [0.15, 0.2) is 91.1 Å². The summed E-state index contributed by atoms with van der Waals surface area (Å²) in [6.07, 6.45) is 1.34. The Morgan fingerprint density at radius 3 is 2.37 bits per heavy atom. The number of nitro benzene ring substituents is 1. The fraction of sp³-hybridized carbons (Fsp3) is 0.129. The molecule has 0 spiro atoms. The summed E-state index contributed by atoms with van der Waals surface area (Å²) in [5.41, 5.74) is 5.19. The number of rotatable bonds is 9. The maximum Gasteiger partial charge on any atom is 0.305 e. The number of hydrogen-bond acceptors (Lipinski definition) is 6. The van der Waals surface area contributed by atoms with Crippen molar-refractivity contribution >= 4 is 34.7 Å². The molecule has 0 bridgehead atoms. The highest BCUT2D eigenvalue weighted by molar-refractivity contribution is 6.01. The molecule has 1 unspecified atom stereocenters. The van der Waals surface area contributed by atoms with E-state index in [1.54, 1.807) is 28.8 Å². The van der Waals surface area contributed by atoms with Crippen molar-refractivity contribution in [2.75, 3.05) is 5.32 Å². The fourth-order valence-electron chi connectivity index (χ4n) is 4.81. The molecule has 0 aliphatic rings. The van der Waals surface area contributed by atoms with E-state index in [1.165, 1.54) is 18.2 Å². The van der Waals surface area contributed by atoms with Crippen LogP contribution in [0.25, 0.3) is 16.9 Å². The lowest BCUT2D eigenvalue weighted by Crippen LogP contribution is -2.30. The first-order valence-corrected chi connectivity index (χ1v) is 12.9. The second-order valence-corrected chi connectivity index (χ2v) is 9.66. The van der Waals surface area contributed by atoms with E-state index in [0.29, 0.717) is 22.7 Å². The molecule has 0 saturated carbocycles. The molecule has 5 aromatic rings. The van der Waals surface area contributed by atoms with E-state index in [-0.39, 0.29) is 11.3 Å². The molecule has 206 valence electrons. The Labute approximate surface area is 235 Å². The Balaban J connectivity index is 1.60. The van der Waals surface area contributed by atoms with Crippen LogP contribution in [0, 0.1) is 24.0 Å². The Hall–Kier alpha value is -5.51. The smallest absolute Gasteiger partial charge is 0.305 e. The van der Waals surface area contributed by atoms with Gasteiger partial charge in [0, 0.05) is 29.6 Å². The van der Waals surface area contributed by atoms with Crippen molar-refractivity contribution in [3.63, 3.8) is 0 Å². The van der Waals surface area contributed by atoms with Crippen LogP contribution in [0.5, 0.6) is 0 Å². The van der Waals surface area contributed by atoms with E-state index >= 15 is 0 Å². The quantitative estimate of drug-likeness (QED) is 0.147. The van der Waals surface area contributed by atoms with Gasteiger partial charge in [-0.25, -0.2) is 4.98 Å². The molecule has 10 heteroatoms. The minimum Gasteiger partial charge on any atom is -0.481 e. The van der Waals surface area contributed by atoms with Gasteiger partial charge < -0.3 is 15.7 Å². The first-order valence-electron chi connectivity index (χ1n) is 12.9. The number of non-ortho nitro benzene ring substituents is 1. The highest BCUT2D eigenvalue weighted by Crippen LogP contribution is 2.34. The lowest BCUT2D eigenvalue weighted by atomic mass is 10.0. The standard InChI is InChI=1S/C31H27N5O5/c1-19-9-6-10-20(2)27(19)33-30-28(21-11-4-3-5-12-21)34-29-24(15-8-16-35(29)30)31(39)32-25(18-26(37)38)22-13-7-14-23(17-22)36(40)41/h3-17,25,33H,18H2,1-2H3,(H,32,39)(H,37,38). The Morgan fingerprint density at radius 2 is 1.68 bits per heavy atom. The predicted molar refractivity (Wildman–Crippen MR) is 155 cm³/mol. The van der Waals surface area contributed by atoms with Crippen molar-refractivity contribution in [1.29, 1.82) is 0 Å². The molecule has 0 fully saturated rings. The number of amides is 1. The van der Waals surface area contributed by atoms with Crippen molar-refractivity contribution in [2.24, 2.45) is 0 Å². The van der Waals surface area contributed by atoms with Gasteiger partial charge in [-0.3, -0.25) is 24.1 Å². The molecule has 3 N–H and O–H groups in total. The molecule has 5 rings (SSSR count). The molecule has 41 heavy (non-hydrogen) atoms. The number of carboxylic acids is 1. The highest BCUT2D eigenvalue weighted by atomic mass is 16.6. The lowest BCUT2D eigenvalue weighted by Gasteiger charge is -2.18. The summed E-state index contributed by atoms with van der Waals surface area (Å²) in [7, 11) is 0. The SMILES string of the molecule is Cc1cccc(C)c1Nc1c(-c2ccccc2)nc2c(C(=O)NC(CC(=O)O)c3cccc([N+](=O)[O-])c3)cccn12. The van der Waals surface area contributed by atoms with Crippen LogP contribution in [-0.4, -0.2) is 31.3 Å². The third-order valence-electron chi connectivity index (χ3n) is 6.83. The van der Waals surface area contributed by atoms with Crippen LogP contribution in [0.2, 0.25) is 0 Å². The van der Waals surface area contributed by atoms with E-state index in [4.69, 9.17) is 4.98 Å². The monoisotopic (exact) mass is 549 g/mol. The predicted octanol–water partition coefficient (Wildman–Crippen LogP) is 6.22.